The molecule has 26 nitrogen and oxygen atoms in total. The third kappa shape index (κ3) is 25.5. The van der Waals surface area contributed by atoms with Gasteiger partial charge in [-0.15, -0.1) is 0 Å². The molecule has 0 spiro atoms. The van der Waals surface area contributed by atoms with E-state index in [-0.39, 0.29) is 93.9 Å². The number of amides is 5. The molecule has 4 aliphatic rings. The van der Waals surface area contributed by atoms with Crippen LogP contribution in [0.15, 0.2) is 54.7 Å². The van der Waals surface area contributed by atoms with Gasteiger partial charge in [-0.3, -0.25) is 82.3 Å². The van der Waals surface area contributed by atoms with Crippen LogP contribution in [0, 0.1) is 24.2 Å². The number of unbranched alkanes of at least 4 members (excludes halogenated alkanes) is 4. The summed E-state index contributed by atoms with van der Waals surface area (Å²) in [6, 6.07) is 15.0. The third-order valence-corrected chi connectivity index (χ3v) is 18.6. The first-order valence-corrected chi connectivity index (χ1v) is 34.3. The van der Waals surface area contributed by atoms with Gasteiger partial charge in [-0.1, -0.05) is 56.0 Å². The van der Waals surface area contributed by atoms with E-state index in [0.717, 1.165) is 62.8 Å². The van der Waals surface area contributed by atoms with Crippen LogP contribution >= 0.6 is 0 Å². The number of halogens is 1. The predicted molar refractivity (Wildman–Crippen MR) is 357 cm³/mol. The molecule has 3 aromatic rings. The molecule has 2 aromatic carbocycles. The molecule has 4 unspecified atom stereocenters. The Balaban J connectivity index is 0.866. The van der Waals surface area contributed by atoms with Gasteiger partial charge in [0.1, 0.15) is 42.5 Å². The summed E-state index contributed by atoms with van der Waals surface area (Å²) in [5, 5.41) is 25.8. The second kappa shape index (κ2) is 39.5. The molecular formula is C70H99FN12O14. The van der Waals surface area contributed by atoms with E-state index >= 15 is 0 Å². The smallest absolute Gasteiger partial charge is 0.317 e. The number of hydrogen-bond acceptors (Lipinski definition) is 21. The molecule has 4 saturated heterocycles. The number of aryl methyl sites for hydroxylation is 2. The monoisotopic (exact) mass is 1350 g/mol. The number of nitrogens with zero attached hydrogens (tertiary/aromatic N) is 10. The number of imide groups is 1. The molecular weight excluding hydrogens is 1250 g/mol. The quantitative estimate of drug-likeness (QED) is 0.0415. The maximum Gasteiger partial charge on any atom is 0.317 e. The first-order chi connectivity index (χ1) is 46.7. The Kier molecular flexibility index (Phi) is 31.2. The van der Waals surface area contributed by atoms with Gasteiger partial charge in [0.15, 0.2) is 0 Å². The molecule has 7 rings (SSSR count). The average molecular weight is 1350 g/mol. The first-order valence-electron chi connectivity index (χ1n) is 34.3. The molecule has 5 amide bonds. The number of Topliss-reactive ketones (excluding diaryl/α,β-unsaturated/α-hetero) is 2. The number of rotatable bonds is 38. The van der Waals surface area contributed by atoms with Crippen LogP contribution in [0.2, 0.25) is 0 Å². The predicted octanol–water partition coefficient (Wildman–Crippen LogP) is 4.00. The Morgan fingerprint density at radius 2 is 1.40 bits per heavy atom. The summed E-state index contributed by atoms with van der Waals surface area (Å²) in [7, 11) is 0. The standard InChI is InChI=1S/C70H99FN12O14/c1-52-15-17-54(18-16-52)11-10-14-57(86)13-7-5-4-6-12-55(19-20-58(87)45-77-26-27-78(46-66(90)91)29-31-80(49-96-51-85)33-32-79(30-28-77)48-95-50-84)75-63-40-64(88)82(69(63)94)44-53(2)68(93)81-36-34-76(35-37-81)25-8-9-38-97-59-21-22-62-61(39-59)60(23-24-73-62)67(92)74-43-65(89)83-47-70(3,71)41-56(83)42-72/h15-18,21-24,39,50-51,53,55-56,63,75H,4-14,19-20,25-38,40-41,43-49H2,1-3H3,(H,74,92)(H,90,91)/t53?,55?,56-,63?,70?/m1/s1. The van der Waals surface area contributed by atoms with Crippen LogP contribution in [-0.2, 0) is 59.0 Å². The number of fused-ring (bicyclic) bond motifs is 1. The summed E-state index contributed by atoms with van der Waals surface area (Å²) < 4.78 is 30.8. The molecule has 97 heavy (non-hydrogen) atoms. The zero-order valence-corrected chi connectivity index (χ0v) is 56.7. The van der Waals surface area contributed by atoms with Gasteiger partial charge in [0, 0.05) is 128 Å². The van der Waals surface area contributed by atoms with Crippen LogP contribution in [0.25, 0.3) is 10.9 Å². The fourth-order valence-electron chi connectivity index (χ4n) is 13.0. The Morgan fingerprint density at radius 3 is 2.06 bits per heavy atom. The maximum absolute atomic E-state index is 14.6. The van der Waals surface area contributed by atoms with Crippen LogP contribution in [0.3, 0.4) is 0 Å². The molecule has 4 aliphatic heterocycles. The van der Waals surface area contributed by atoms with Crippen molar-refractivity contribution >= 4 is 70.9 Å². The normalized spacial score (nSPS) is 20.3. The number of ketones is 2. The minimum atomic E-state index is -1.68. The molecule has 0 aliphatic carbocycles. The van der Waals surface area contributed by atoms with Crippen molar-refractivity contribution in [3.8, 4) is 11.8 Å². The van der Waals surface area contributed by atoms with Crippen molar-refractivity contribution in [3.05, 3.63) is 71.4 Å². The highest BCUT2D eigenvalue weighted by molar-refractivity contribution is 6.07. The Morgan fingerprint density at radius 1 is 0.763 bits per heavy atom. The molecule has 5 atom stereocenters. The van der Waals surface area contributed by atoms with E-state index in [2.05, 4.69) is 44.8 Å². The van der Waals surface area contributed by atoms with Gasteiger partial charge in [-0.2, -0.15) is 5.26 Å². The largest absolute Gasteiger partial charge is 0.494 e. The number of carbonyl (C=O) groups excluding carboxylic acids is 9. The number of carbonyl (C=O) groups is 10. The summed E-state index contributed by atoms with van der Waals surface area (Å²) in [5.41, 5.74) is 1.56. The van der Waals surface area contributed by atoms with Gasteiger partial charge in [0.05, 0.1) is 68.3 Å². The Labute approximate surface area is 568 Å². The molecule has 5 heterocycles. The highest BCUT2D eigenvalue weighted by Crippen LogP contribution is 2.30. The molecule has 4 fully saturated rings. The molecule has 1 aromatic heterocycles. The van der Waals surface area contributed by atoms with E-state index in [1.165, 1.54) is 29.1 Å². The van der Waals surface area contributed by atoms with Gasteiger partial charge < -0.3 is 39.8 Å². The lowest BCUT2D eigenvalue weighted by Gasteiger charge is -2.36. The topological polar surface area (TPSA) is 305 Å². The third-order valence-electron chi connectivity index (χ3n) is 18.6. The molecule has 0 saturated carbocycles. The van der Waals surface area contributed by atoms with E-state index < -0.39 is 53.9 Å². The molecule has 0 radical (unpaired) electrons. The lowest BCUT2D eigenvalue weighted by atomic mass is 9.99. The molecule has 27 heteroatoms. The highest BCUT2D eigenvalue weighted by atomic mass is 19.1. The lowest BCUT2D eigenvalue weighted by Crippen LogP contribution is -2.52. The second-order valence-electron chi connectivity index (χ2n) is 26.5. The van der Waals surface area contributed by atoms with Crippen molar-refractivity contribution < 1.29 is 71.7 Å². The van der Waals surface area contributed by atoms with Crippen LogP contribution in [0.4, 0.5) is 4.39 Å². The van der Waals surface area contributed by atoms with Crippen LogP contribution in [-0.4, -0.2) is 271 Å². The fraction of sp³-hybridized carbons (Fsp3) is 0.629. The van der Waals surface area contributed by atoms with E-state index in [9.17, 15) is 62.7 Å². The average Bonchev–Trinajstić information content (AvgIpc) is 1.69. The van der Waals surface area contributed by atoms with Crippen LogP contribution < -0.4 is 15.4 Å². The number of pyridine rings is 1. The number of nitriles is 1. The number of hydrogen-bond donors (Lipinski definition) is 3. The van der Waals surface area contributed by atoms with E-state index in [1.54, 1.807) is 41.0 Å². The van der Waals surface area contributed by atoms with Gasteiger partial charge in [-0.05, 0) is 95.2 Å². The first kappa shape index (κ1) is 76.5. The number of benzene rings is 2. The van der Waals surface area contributed by atoms with Gasteiger partial charge in [0.25, 0.3) is 18.9 Å². The summed E-state index contributed by atoms with van der Waals surface area (Å²) in [6.07, 6.45) is 9.85. The molecule has 530 valence electrons. The number of likely N-dealkylation sites (tertiary alicyclic amines) is 2. The summed E-state index contributed by atoms with van der Waals surface area (Å²) in [4.78, 5) is 147. The van der Waals surface area contributed by atoms with E-state index in [1.807, 2.05) is 27.7 Å². The van der Waals surface area contributed by atoms with E-state index in [4.69, 9.17) is 14.2 Å². The SMILES string of the molecule is Cc1ccc(CCCC(=O)CCCCCCC(CCC(=O)CN2CCN(COC=O)CCN(COC=O)CCN(CC(=O)O)CC2)NC2CC(=O)N(CC(C)C(=O)N3CCN(CCCCOc4ccc5nccc(C(=O)NCC(=O)N6CC(C)(F)C[C@@H]6C#N)c5c4)CC3)C2=O)cc1. The lowest BCUT2D eigenvalue weighted by molar-refractivity contribution is -0.143. The van der Waals surface area contributed by atoms with Crippen molar-refractivity contribution in [2.45, 2.75) is 141 Å². The number of aromatic nitrogens is 1. The number of piperazine rings is 1. The Hall–Kier alpha value is -7.87. The minimum Gasteiger partial charge on any atom is -0.494 e. The van der Waals surface area contributed by atoms with Crippen LogP contribution in [0.1, 0.15) is 125 Å². The summed E-state index contributed by atoms with van der Waals surface area (Å²) in [6.45, 7) is 11.5. The van der Waals surface area contributed by atoms with Crippen molar-refractivity contribution in [2.75, 3.05) is 138 Å². The maximum atomic E-state index is 14.6. The Bertz CT molecular complexity index is 3160. The summed E-state index contributed by atoms with van der Waals surface area (Å²) in [5.74, 6) is -2.95. The number of nitrogens with one attached hydrogen (secondary N) is 2. The number of ether oxygens (including phenoxy) is 3. The van der Waals surface area contributed by atoms with Crippen molar-refractivity contribution in [3.63, 3.8) is 0 Å². The van der Waals surface area contributed by atoms with Gasteiger partial charge in [0.2, 0.25) is 23.6 Å². The number of aliphatic carboxylic acids is 1. The zero-order valence-electron chi connectivity index (χ0n) is 56.7. The number of carboxylic acids is 1. The van der Waals surface area contributed by atoms with Crippen molar-refractivity contribution in [1.82, 2.24) is 54.8 Å². The second-order valence-corrected chi connectivity index (χ2v) is 26.5. The fourth-order valence-corrected chi connectivity index (χ4v) is 13.0. The van der Waals surface area contributed by atoms with E-state index in [0.29, 0.717) is 140 Å². The van der Waals surface area contributed by atoms with Crippen molar-refractivity contribution in [1.29, 1.82) is 5.26 Å². The zero-order chi connectivity index (χ0) is 69.7. The summed E-state index contributed by atoms with van der Waals surface area (Å²) >= 11 is 0. The molecule has 3 N–H and O–H groups in total. The number of alkyl halides is 1. The van der Waals surface area contributed by atoms with Crippen molar-refractivity contribution in [2.24, 2.45) is 5.92 Å². The van der Waals surface area contributed by atoms with Gasteiger partial charge in [-0.25, -0.2) is 4.39 Å². The minimum absolute atomic E-state index is 0.00294. The highest BCUT2D eigenvalue weighted by Gasteiger charge is 2.44. The molecule has 0 bridgehead atoms. The van der Waals surface area contributed by atoms with Gasteiger partial charge >= 0.3 is 5.97 Å². The van der Waals surface area contributed by atoms with Crippen LogP contribution in [0.5, 0.6) is 5.75 Å². The number of carboxylic acid groups (broad SMARTS) is 1.